The second-order valence-corrected chi connectivity index (χ2v) is 4.32. The number of ether oxygens (including phenoxy) is 1. The van der Waals surface area contributed by atoms with E-state index in [2.05, 4.69) is 10.1 Å². The molecule has 0 saturated heterocycles. The van der Waals surface area contributed by atoms with Gasteiger partial charge in [-0.1, -0.05) is 11.6 Å². The maximum Gasteiger partial charge on any atom is 0.175 e. The molecule has 0 unspecified atom stereocenters. The summed E-state index contributed by atoms with van der Waals surface area (Å²) in [5, 5.41) is 13.6. The van der Waals surface area contributed by atoms with Gasteiger partial charge in [0, 0.05) is 12.4 Å². The number of hydrogen-bond acceptors (Lipinski definition) is 5. The summed E-state index contributed by atoms with van der Waals surface area (Å²) >= 11 is 6.12. The number of aliphatic hydroxyl groups is 1. The summed E-state index contributed by atoms with van der Waals surface area (Å²) < 4.78 is 6.92. The SMILES string of the molecule is OCC1=CN(c2cn(-c3cccnc3)nc2Cl)CO1. The highest BCUT2D eigenvalue weighted by Crippen LogP contribution is 2.28. The zero-order chi connectivity index (χ0) is 13.2. The average molecular weight is 279 g/mol. The van der Waals surface area contributed by atoms with Gasteiger partial charge in [-0.15, -0.1) is 0 Å². The summed E-state index contributed by atoms with van der Waals surface area (Å²) in [5.41, 5.74) is 1.54. The molecule has 0 spiro atoms. The summed E-state index contributed by atoms with van der Waals surface area (Å²) in [6.45, 7) is 0.180. The fourth-order valence-electron chi connectivity index (χ4n) is 1.78. The Hall–Kier alpha value is -2.05. The van der Waals surface area contributed by atoms with E-state index in [1.54, 1.807) is 34.4 Å². The lowest BCUT2D eigenvalue weighted by molar-refractivity contribution is 0.185. The Morgan fingerprint density at radius 1 is 1.47 bits per heavy atom. The predicted molar refractivity (Wildman–Crippen MR) is 70.0 cm³/mol. The molecule has 0 fully saturated rings. The molecule has 0 aromatic carbocycles. The van der Waals surface area contributed by atoms with Gasteiger partial charge in [0.2, 0.25) is 0 Å². The van der Waals surface area contributed by atoms with Gasteiger partial charge in [0.1, 0.15) is 18.1 Å². The highest BCUT2D eigenvalue weighted by atomic mass is 35.5. The maximum atomic E-state index is 9.00. The number of halogens is 1. The summed E-state index contributed by atoms with van der Waals surface area (Å²) in [6.07, 6.45) is 6.89. The molecule has 2 aromatic rings. The van der Waals surface area contributed by atoms with Crippen LogP contribution in [0.1, 0.15) is 0 Å². The predicted octanol–water partition coefficient (Wildman–Crippen LogP) is 1.55. The van der Waals surface area contributed by atoms with E-state index in [-0.39, 0.29) is 6.61 Å². The van der Waals surface area contributed by atoms with E-state index in [0.29, 0.717) is 23.3 Å². The molecule has 2 aromatic heterocycles. The largest absolute Gasteiger partial charge is 0.473 e. The van der Waals surface area contributed by atoms with Crippen molar-refractivity contribution in [1.82, 2.24) is 14.8 Å². The van der Waals surface area contributed by atoms with Crippen LogP contribution in [0.15, 0.2) is 42.7 Å². The number of anilines is 1. The lowest BCUT2D eigenvalue weighted by Gasteiger charge is -2.10. The van der Waals surface area contributed by atoms with Crippen molar-refractivity contribution in [3.05, 3.63) is 47.8 Å². The molecule has 0 amide bonds. The van der Waals surface area contributed by atoms with Gasteiger partial charge in [0.15, 0.2) is 11.9 Å². The minimum absolute atomic E-state index is 0.134. The lowest BCUT2D eigenvalue weighted by Crippen LogP contribution is -2.12. The topological polar surface area (TPSA) is 63.4 Å². The number of pyridine rings is 1. The third-order valence-electron chi connectivity index (χ3n) is 2.72. The second-order valence-electron chi connectivity index (χ2n) is 3.96. The molecule has 7 heteroatoms. The van der Waals surface area contributed by atoms with Gasteiger partial charge in [-0.3, -0.25) is 4.98 Å². The van der Waals surface area contributed by atoms with Crippen molar-refractivity contribution in [3.8, 4) is 5.69 Å². The van der Waals surface area contributed by atoms with Crippen molar-refractivity contribution in [1.29, 1.82) is 0 Å². The van der Waals surface area contributed by atoms with Crippen LogP contribution in [0.4, 0.5) is 5.69 Å². The van der Waals surface area contributed by atoms with Crippen LogP contribution in [-0.2, 0) is 4.74 Å². The van der Waals surface area contributed by atoms with Gasteiger partial charge in [0.05, 0.1) is 18.1 Å². The standard InChI is InChI=1S/C12H11ClN4O2/c13-12-11(16-5-10(7-18)19-8-16)6-17(15-12)9-2-1-3-14-4-9/h1-6,18H,7-8H2. The number of aliphatic hydroxyl groups excluding tert-OH is 1. The number of aromatic nitrogens is 3. The molecule has 98 valence electrons. The van der Waals surface area contributed by atoms with Crippen molar-refractivity contribution in [2.45, 2.75) is 0 Å². The van der Waals surface area contributed by atoms with Crippen molar-refractivity contribution >= 4 is 17.3 Å². The van der Waals surface area contributed by atoms with Crippen LogP contribution >= 0.6 is 11.6 Å². The van der Waals surface area contributed by atoms with Crippen LogP contribution < -0.4 is 4.90 Å². The van der Waals surface area contributed by atoms with Gasteiger partial charge >= 0.3 is 0 Å². The van der Waals surface area contributed by atoms with Crippen molar-refractivity contribution in [3.63, 3.8) is 0 Å². The molecule has 3 rings (SSSR count). The molecule has 3 heterocycles. The van der Waals surface area contributed by atoms with Gasteiger partial charge in [-0.25, -0.2) is 4.68 Å². The van der Waals surface area contributed by atoms with Crippen molar-refractivity contribution in [2.75, 3.05) is 18.2 Å². The monoisotopic (exact) mass is 278 g/mol. The first-order chi connectivity index (χ1) is 9.28. The molecule has 1 N–H and O–H groups in total. The van der Waals surface area contributed by atoms with Crippen LogP contribution in [0.25, 0.3) is 5.69 Å². The van der Waals surface area contributed by atoms with Crippen molar-refractivity contribution < 1.29 is 9.84 Å². The van der Waals surface area contributed by atoms with Gasteiger partial charge in [-0.05, 0) is 12.1 Å². The van der Waals surface area contributed by atoms with E-state index in [9.17, 15) is 0 Å². The van der Waals surface area contributed by atoms with Gasteiger partial charge < -0.3 is 14.7 Å². The Morgan fingerprint density at radius 3 is 3.05 bits per heavy atom. The van der Waals surface area contributed by atoms with Crippen LogP contribution in [0.5, 0.6) is 0 Å². The molecular weight excluding hydrogens is 268 g/mol. The first-order valence-corrected chi connectivity index (χ1v) is 6.02. The van der Waals surface area contributed by atoms with E-state index >= 15 is 0 Å². The Bertz CT molecular complexity index is 611. The van der Waals surface area contributed by atoms with Crippen molar-refractivity contribution in [2.24, 2.45) is 0 Å². The smallest absolute Gasteiger partial charge is 0.175 e. The number of hydrogen-bond donors (Lipinski definition) is 1. The van der Waals surface area contributed by atoms with Crippen LogP contribution in [0.2, 0.25) is 5.15 Å². The molecule has 19 heavy (non-hydrogen) atoms. The van der Waals surface area contributed by atoms with Crippen LogP contribution in [-0.4, -0.2) is 33.2 Å². The fraction of sp³-hybridized carbons (Fsp3) is 0.167. The summed E-state index contributed by atoms with van der Waals surface area (Å²) in [7, 11) is 0. The van der Waals surface area contributed by atoms with E-state index < -0.39 is 0 Å². The highest BCUT2D eigenvalue weighted by molar-refractivity contribution is 6.32. The van der Waals surface area contributed by atoms with Crippen LogP contribution in [0, 0.1) is 0 Å². The Morgan fingerprint density at radius 2 is 2.37 bits per heavy atom. The quantitative estimate of drug-likeness (QED) is 0.923. The molecule has 1 aliphatic rings. The van der Waals surface area contributed by atoms with E-state index in [1.165, 1.54) is 0 Å². The first kappa shape index (κ1) is 12.0. The van der Waals surface area contributed by atoms with E-state index in [0.717, 1.165) is 5.69 Å². The number of nitrogens with zero attached hydrogens (tertiary/aromatic N) is 4. The van der Waals surface area contributed by atoms with E-state index in [4.69, 9.17) is 21.4 Å². The fourth-order valence-corrected chi connectivity index (χ4v) is 2.02. The third-order valence-corrected chi connectivity index (χ3v) is 2.99. The molecular formula is C12H11ClN4O2. The molecule has 0 atom stereocenters. The Balaban J connectivity index is 1.93. The summed E-state index contributed by atoms with van der Waals surface area (Å²) in [6, 6.07) is 3.71. The minimum atomic E-state index is -0.134. The summed E-state index contributed by atoms with van der Waals surface area (Å²) in [5.74, 6) is 0.505. The van der Waals surface area contributed by atoms with E-state index in [1.807, 2.05) is 12.1 Å². The molecule has 1 aliphatic heterocycles. The highest BCUT2D eigenvalue weighted by Gasteiger charge is 2.19. The molecule has 6 nitrogen and oxygen atoms in total. The summed E-state index contributed by atoms with van der Waals surface area (Å²) in [4.78, 5) is 5.82. The minimum Gasteiger partial charge on any atom is -0.473 e. The first-order valence-electron chi connectivity index (χ1n) is 5.64. The Labute approximate surface area is 114 Å². The normalized spacial score (nSPS) is 14.4. The Kier molecular flexibility index (Phi) is 3.10. The average Bonchev–Trinajstić information content (AvgIpc) is 3.06. The third kappa shape index (κ3) is 2.27. The van der Waals surface area contributed by atoms with Crippen LogP contribution in [0.3, 0.4) is 0 Å². The zero-order valence-corrected chi connectivity index (χ0v) is 10.7. The molecule has 0 bridgehead atoms. The maximum absolute atomic E-state index is 9.00. The second kappa shape index (κ2) is 4.91. The molecule has 0 aliphatic carbocycles. The molecule has 0 saturated carbocycles. The van der Waals surface area contributed by atoms with Gasteiger partial charge in [0.25, 0.3) is 0 Å². The molecule has 0 radical (unpaired) electrons. The number of rotatable bonds is 3. The lowest BCUT2D eigenvalue weighted by atomic mass is 10.4. The van der Waals surface area contributed by atoms with Gasteiger partial charge in [-0.2, -0.15) is 5.10 Å². The zero-order valence-electron chi connectivity index (χ0n) is 9.90.